The van der Waals surface area contributed by atoms with E-state index in [1.807, 2.05) is 28.8 Å². The number of aromatic carboxylic acids is 1. The van der Waals surface area contributed by atoms with Crippen LogP contribution in [0.2, 0.25) is 5.02 Å². The van der Waals surface area contributed by atoms with Crippen LogP contribution in [0.5, 0.6) is 5.75 Å². The number of fused-ring (bicyclic) bond motifs is 2. The van der Waals surface area contributed by atoms with Crippen molar-refractivity contribution < 1.29 is 24.5 Å². The normalized spacial score (nSPS) is 11.3. The van der Waals surface area contributed by atoms with Gasteiger partial charge >= 0.3 is 12.1 Å². The van der Waals surface area contributed by atoms with Gasteiger partial charge in [-0.3, -0.25) is 0 Å². The molecule has 0 fully saturated rings. The number of benzene rings is 2. The Bertz CT molecular complexity index is 1310. The number of para-hydroxylation sites is 1. The Morgan fingerprint density at radius 1 is 1.23 bits per heavy atom. The Kier molecular flexibility index (Phi) is 5.84. The average Bonchev–Trinajstić information content (AvgIpc) is 3.24. The van der Waals surface area contributed by atoms with E-state index in [0.29, 0.717) is 23.0 Å². The average molecular weight is 459 g/mol. The highest BCUT2D eigenvalue weighted by atomic mass is 35.5. The molecule has 2 heterocycles. The highest BCUT2D eigenvalue weighted by Crippen LogP contribution is 2.36. The molecule has 4 aromatic rings. The van der Waals surface area contributed by atoms with E-state index in [2.05, 4.69) is 6.92 Å². The molecule has 0 amide bonds. The number of hydrogen-bond donors (Lipinski definition) is 2. The fraction of sp³-hybridized carbons (Fsp3) is 0.227. The number of aryl methyl sites for hydroxylation is 1. The van der Waals surface area contributed by atoms with Gasteiger partial charge in [0, 0.05) is 23.1 Å². The quantitative estimate of drug-likeness (QED) is 0.258. The number of hydrogen-bond acceptors (Lipinski definition) is 5. The van der Waals surface area contributed by atoms with Gasteiger partial charge in [-0.2, -0.15) is 0 Å². The van der Waals surface area contributed by atoms with E-state index in [-0.39, 0.29) is 15.6 Å². The molecule has 0 spiro atoms. The summed E-state index contributed by atoms with van der Waals surface area (Å²) >= 11 is 7.35. The number of carboxylic acid groups (broad SMARTS) is 2. The molecular weight excluding hydrogens is 440 g/mol. The molecule has 0 aliphatic carbocycles. The predicted molar refractivity (Wildman–Crippen MR) is 120 cm³/mol. The summed E-state index contributed by atoms with van der Waals surface area (Å²) in [6.07, 6.45) is 1.30. The first-order valence-electron chi connectivity index (χ1n) is 9.72. The van der Waals surface area contributed by atoms with Crippen molar-refractivity contribution in [3.05, 3.63) is 57.7 Å². The third kappa shape index (κ3) is 4.08. The number of halogens is 1. The third-order valence-electron chi connectivity index (χ3n) is 4.99. The summed E-state index contributed by atoms with van der Waals surface area (Å²) in [7, 11) is 0. The molecule has 4 rings (SSSR count). The van der Waals surface area contributed by atoms with Gasteiger partial charge in [-0.25, -0.2) is 14.6 Å². The van der Waals surface area contributed by atoms with Crippen LogP contribution >= 0.6 is 22.9 Å². The van der Waals surface area contributed by atoms with Gasteiger partial charge in [0.15, 0.2) is 5.75 Å². The minimum atomic E-state index is -1.38. The molecule has 0 aliphatic heterocycles. The van der Waals surface area contributed by atoms with Gasteiger partial charge in [0.1, 0.15) is 16.2 Å². The molecule has 0 aliphatic rings. The molecule has 31 heavy (non-hydrogen) atoms. The number of imidazole rings is 1. The van der Waals surface area contributed by atoms with Gasteiger partial charge in [-0.1, -0.05) is 43.1 Å². The lowest BCUT2D eigenvalue weighted by molar-refractivity contribution is 0.0702. The molecule has 2 aromatic heterocycles. The number of aromatic nitrogens is 2. The maximum Gasteiger partial charge on any atom is 0.511 e. The predicted octanol–water partition coefficient (Wildman–Crippen LogP) is 6.05. The first-order chi connectivity index (χ1) is 14.9. The van der Waals surface area contributed by atoms with Crippen LogP contribution in [0.15, 0.2) is 36.4 Å². The van der Waals surface area contributed by atoms with Crippen molar-refractivity contribution in [3.8, 4) is 5.75 Å². The van der Waals surface area contributed by atoms with Crippen LogP contribution in [0.3, 0.4) is 0 Å². The van der Waals surface area contributed by atoms with Gasteiger partial charge in [-0.15, -0.1) is 11.3 Å². The SMILES string of the molecule is CCCCc1nc2cccc(OC(=O)O)c2n1Cc1ccc2c(Cl)c(C(=O)O)sc2c1. The minimum absolute atomic E-state index is 0.114. The summed E-state index contributed by atoms with van der Waals surface area (Å²) in [5, 5.41) is 19.4. The number of nitrogens with zero attached hydrogens (tertiary/aromatic N) is 2. The second-order valence-corrected chi connectivity index (χ2v) is 8.52. The number of thiophene rings is 1. The summed E-state index contributed by atoms with van der Waals surface area (Å²) < 4.78 is 7.76. The number of unbranched alkanes of at least 4 members (excludes halogenated alkanes) is 1. The van der Waals surface area contributed by atoms with E-state index >= 15 is 0 Å². The summed E-state index contributed by atoms with van der Waals surface area (Å²) in [6, 6.07) is 10.8. The summed E-state index contributed by atoms with van der Waals surface area (Å²) in [4.78, 5) is 27.4. The molecule has 160 valence electrons. The Balaban J connectivity index is 1.82. The Labute approximate surface area is 186 Å². The minimum Gasteiger partial charge on any atom is -0.477 e. The highest BCUT2D eigenvalue weighted by Gasteiger charge is 2.19. The van der Waals surface area contributed by atoms with E-state index in [9.17, 15) is 14.7 Å². The molecule has 0 radical (unpaired) electrons. The van der Waals surface area contributed by atoms with Crippen LogP contribution < -0.4 is 4.74 Å². The van der Waals surface area contributed by atoms with E-state index in [1.165, 1.54) is 0 Å². The van der Waals surface area contributed by atoms with Crippen LogP contribution in [0.25, 0.3) is 21.1 Å². The largest absolute Gasteiger partial charge is 0.511 e. The fourth-order valence-electron chi connectivity index (χ4n) is 3.60. The van der Waals surface area contributed by atoms with Gasteiger partial charge < -0.3 is 19.5 Å². The molecule has 2 aromatic carbocycles. The topological polar surface area (TPSA) is 102 Å². The lowest BCUT2D eigenvalue weighted by atomic mass is 10.1. The number of rotatable bonds is 7. The molecule has 0 atom stereocenters. The van der Waals surface area contributed by atoms with Crippen LogP contribution in [0.4, 0.5) is 4.79 Å². The van der Waals surface area contributed by atoms with Crippen molar-refractivity contribution in [1.82, 2.24) is 9.55 Å². The van der Waals surface area contributed by atoms with Crippen LogP contribution in [0.1, 0.15) is 40.8 Å². The molecule has 2 N–H and O–H groups in total. The lowest BCUT2D eigenvalue weighted by Gasteiger charge is -2.11. The maximum absolute atomic E-state index is 11.4. The molecule has 0 saturated heterocycles. The van der Waals surface area contributed by atoms with Gasteiger partial charge in [-0.05, 0) is 30.2 Å². The smallest absolute Gasteiger partial charge is 0.477 e. The van der Waals surface area contributed by atoms with Crippen molar-refractivity contribution in [1.29, 1.82) is 0 Å². The van der Waals surface area contributed by atoms with E-state index in [0.717, 1.165) is 46.7 Å². The summed E-state index contributed by atoms with van der Waals surface area (Å²) in [5.74, 6) is 0.0214. The monoisotopic (exact) mass is 458 g/mol. The van der Waals surface area contributed by atoms with E-state index in [1.54, 1.807) is 12.1 Å². The van der Waals surface area contributed by atoms with Crippen LogP contribution in [-0.4, -0.2) is 31.9 Å². The van der Waals surface area contributed by atoms with Crippen LogP contribution in [-0.2, 0) is 13.0 Å². The van der Waals surface area contributed by atoms with E-state index < -0.39 is 12.1 Å². The molecule has 7 nitrogen and oxygen atoms in total. The zero-order valence-corrected chi connectivity index (χ0v) is 18.2. The van der Waals surface area contributed by atoms with Gasteiger partial charge in [0.05, 0.1) is 10.5 Å². The van der Waals surface area contributed by atoms with Crippen molar-refractivity contribution >= 4 is 56.2 Å². The Hall–Kier alpha value is -3.10. The van der Waals surface area contributed by atoms with Gasteiger partial charge in [0.25, 0.3) is 0 Å². The maximum atomic E-state index is 11.4. The first-order valence-corrected chi connectivity index (χ1v) is 10.9. The molecule has 0 saturated carbocycles. The second kappa shape index (κ2) is 8.56. The fourth-order valence-corrected chi connectivity index (χ4v) is 5.02. The van der Waals surface area contributed by atoms with Crippen LogP contribution in [0, 0.1) is 0 Å². The zero-order chi connectivity index (χ0) is 22.1. The second-order valence-electron chi connectivity index (χ2n) is 7.09. The van der Waals surface area contributed by atoms with Crippen molar-refractivity contribution in [2.45, 2.75) is 32.7 Å². The van der Waals surface area contributed by atoms with Gasteiger partial charge in [0.2, 0.25) is 0 Å². The molecular formula is C22H19ClN2O5S. The zero-order valence-electron chi connectivity index (χ0n) is 16.6. The van der Waals surface area contributed by atoms with Crippen molar-refractivity contribution in [3.63, 3.8) is 0 Å². The number of ether oxygens (including phenoxy) is 1. The highest BCUT2D eigenvalue weighted by molar-refractivity contribution is 7.21. The Morgan fingerprint density at radius 2 is 2.03 bits per heavy atom. The third-order valence-corrected chi connectivity index (χ3v) is 6.63. The van der Waals surface area contributed by atoms with Crippen molar-refractivity contribution in [2.75, 3.05) is 0 Å². The van der Waals surface area contributed by atoms with E-state index in [4.69, 9.17) is 26.4 Å². The van der Waals surface area contributed by atoms with Crippen molar-refractivity contribution in [2.24, 2.45) is 0 Å². The summed E-state index contributed by atoms with van der Waals surface area (Å²) in [6.45, 7) is 2.53. The first kappa shape index (κ1) is 21.1. The number of carboxylic acids is 1. The molecule has 0 bridgehead atoms. The molecule has 9 heteroatoms. The molecule has 0 unspecified atom stereocenters. The summed E-state index contributed by atoms with van der Waals surface area (Å²) in [5.41, 5.74) is 2.20. The Morgan fingerprint density at radius 3 is 2.74 bits per heavy atom. The lowest BCUT2D eigenvalue weighted by Crippen LogP contribution is -2.08. The number of carbonyl (C=O) groups is 2. The standard InChI is InChI=1S/C22H19ClN2O5S/c1-2-3-7-17-24-14-5-4-6-15(30-22(28)29)19(14)25(17)11-12-8-9-13-16(10-12)31-20(18(13)23)21(26)27/h4-6,8-10H,2-3,7,11H2,1H3,(H,26,27)(H,28,29).